The van der Waals surface area contributed by atoms with E-state index in [9.17, 15) is 0 Å². The van der Waals surface area contributed by atoms with Gasteiger partial charge in [-0.1, -0.05) is 71.7 Å². The molecule has 0 nitrogen and oxygen atoms in total. The molecule has 0 bridgehead atoms. The van der Waals surface area contributed by atoms with Crippen molar-refractivity contribution in [3.05, 3.63) is 45.5 Å². The standard InChI is InChI=1S/C21H27ISi/c1-15(2)23(16(3)4,17(5)6)14-13-19-10-7-9-18-11-8-12-20(22)21(18)19/h7-12,15-17H,1-6H3. The van der Waals surface area contributed by atoms with Gasteiger partial charge in [0.05, 0.1) is 0 Å². The predicted octanol–water partition coefficient (Wildman–Crippen LogP) is 7.01. The van der Waals surface area contributed by atoms with Gasteiger partial charge in [0, 0.05) is 14.5 Å². The fourth-order valence-electron chi connectivity index (χ4n) is 4.01. The molecule has 0 N–H and O–H groups in total. The van der Waals surface area contributed by atoms with E-state index in [4.69, 9.17) is 0 Å². The van der Waals surface area contributed by atoms with Crippen LogP contribution in [0, 0.1) is 15.0 Å². The molecule has 2 aromatic rings. The lowest BCUT2D eigenvalue weighted by atomic mass is 10.1. The SMILES string of the molecule is CC(C)[Si](C#Cc1cccc2cccc(I)c12)(C(C)C)C(C)C. The Kier molecular flexibility index (Phi) is 5.97. The fraction of sp³-hybridized carbons (Fsp3) is 0.429. The highest BCUT2D eigenvalue weighted by Crippen LogP contribution is 2.41. The van der Waals surface area contributed by atoms with E-state index >= 15 is 0 Å². The summed E-state index contributed by atoms with van der Waals surface area (Å²) in [7, 11) is -1.68. The summed E-state index contributed by atoms with van der Waals surface area (Å²) < 4.78 is 1.29. The summed E-state index contributed by atoms with van der Waals surface area (Å²) in [6.45, 7) is 14.2. The molecule has 0 radical (unpaired) electrons. The molecule has 2 aromatic carbocycles. The van der Waals surface area contributed by atoms with Gasteiger partial charge in [0.25, 0.3) is 0 Å². The quantitative estimate of drug-likeness (QED) is 0.277. The molecule has 0 aliphatic carbocycles. The topological polar surface area (TPSA) is 0 Å². The van der Waals surface area contributed by atoms with Crippen LogP contribution in [0.2, 0.25) is 16.6 Å². The Morgan fingerprint density at radius 1 is 0.826 bits per heavy atom. The fourth-order valence-corrected chi connectivity index (χ4v) is 10.0. The molecule has 0 aromatic heterocycles. The van der Waals surface area contributed by atoms with Crippen molar-refractivity contribution >= 4 is 41.4 Å². The van der Waals surface area contributed by atoms with E-state index < -0.39 is 8.07 Å². The van der Waals surface area contributed by atoms with Crippen LogP contribution in [0.15, 0.2) is 36.4 Å². The second-order valence-electron chi connectivity index (χ2n) is 7.29. The summed E-state index contributed by atoms with van der Waals surface area (Å²) in [5.41, 5.74) is 7.05. The molecule has 0 amide bonds. The van der Waals surface area contributed by atoms with Crippen molar-refractivity contribution in [2.24, 2.45) is 0 Å². The van der Waals surface area contributed by atoms with Gasteiger partial charge in [-0.2, -0.15) is 0 Å². The van der Waals surface area contributed by atoms with Crippen molar-refractivity contribution in [2.45, 2.75) is 58.2 Å². The molecule has 122 valence electrons. The van der Waals surface area contributed by atoms with Gasteiger partial charge < -0.3 is 0 Å². The third-order valence-electron chi connectivity index (χ3n) is 5.13. The first-order valence-electron chi connectivity index (χ1n) is 8.51. The van der Waals surface area contributed by atoms with Crippen molar-refractivity contribution in [1.82, 2.24) is 0 Å². The third kappa shape index (κ3) is 3.51. The van der Waals surface area contributed by atoms with Crippen LogP contribution in [0.1, 0.15) is 47.1 Å². The first-order valence-corrected chi connectivity index (χ1v) is 11.8. The van der Waals surface area contributed by atoms with Gasteiger partial charge >= 0.3 is 0 Å². The van der Waals surface area contributed by atoms with Gasteiger partial charge in [0.1, 0.15) is 8.07 Å². The largest absolute Gasteiger partial charge is 0.146 e. The lowest BCUT2D eigenvalue weighted by Gasteiger charge is -2.38. The summed E-state index contributed by atoms with van der Waals surface area (Å²) >= 11 is 2.43. The smallest absolute Gasteiger partial charge is 0.125 e. The van der Waals surface area contributed by atoms with E-state index in [0.29, 0.717) is 16.6 Å². The van der Waals surface area contributed by atoms with Crippen LogP contribution >= 0.6 is 22.6 Å². The molecular formula is C21H27ISi. The Bertz CT molecular complexity index is 720. The maximum atomic E-state index is 3.85. The van der Waals surface area contributed by atoms with E-state index in [2.05, 4.69) is 112 Å². The van der Waals surface area contributed by atoms with E-state index in [1.807, 2.05) is 0 Å². The molecule has 0 aliphatic rings. The molecule has 2 heteroatoms. The minimum atomic E-state index is -1.68. The number of hydrogen-bond donors (Lipinski definition) is 0. The molecule has 23 heavy (non-hydrogen) atoms. The molecule has 0 spiro atoms. The second-order valence-corrected chi connectivity index (χ2v) is 14.0. The number of fused-ring (bicyclic) bond motifs is 1. The molecule has 0 saturated heterocycles. The number of hydrogen-bond acceptors (Lipinski definition) is 0. The average Bonchev–Trinajstić information content (AvgIpc) is 2.47. The van der Waals surface area contributed by atoms with Crippen molar-refractivity contribution < 1.29 is 0 Å². The molecule has 0 saturated carbocycles. The van der Waals surface area contributed by atoms with Gasteiger partial charge in [0.15, 0.2) is 0 Å². The lowest BCUT2D eigenvalue weighted by Crippen LogP contribution is -2.43. The molecule has 2 rings (SSSR count). The van der Waals surface area contributed by atoms with Gasteiger partial charge in [-0.25, -0.2) is 0 Å². The number of rotatable bonds is 3. The van der Waals surface area contributed by atoms with Gasteiger partial charge in [-0.05, 0) is 56.7 Å². The van der Waals surface area contributed by atoms with Crippen molar-refractivity contribution in [1.29, 1.82) is 0 Å². The van der Waals surface area contributed by atoms with Crippen molar-refractivity contribution in [3.8, 4) is 11.5 Å². The second kappa shape index (κ2) is 7.40. The summed E-state index contributed by atoms with van der Waals surface area (Å²) in [5, 5.41) is 2.59. The minimum absolute atomic E-state index is 0.670. The van der Waals surface area contributed by atoms with Crippen LogP contribution in [0.5, 0.6) is 0 Å². The van der Waals surface area contributed by atoms with Crippen molar-refractivity contribution in [2.75, 3.05) is 0 Å². The Labute approximate surface area is 156 Å². The molecule has 0 aliphatic heterocycles. The summed E-state index contributed by atoms with van der Waals surface area (Å²) in [4.78, 5) is 0. The maximum absolute atomic E-state index is 3.85. The first-order chi connectivity index (χ1) is 10.8. The zero-order valence-corrected chi connectivity index (χ0v) is 18.2. The van der Waals surface area contributed by atoms with Crippen molar-refractivity contribution in [3.63, 3.8) is 0 Å². The Balaban J connectivity index is 2.65. The normalized spacial score (nSPS) is 12.1. The van der Waals surface area contributed by atoms with Crippen LogP contribution in [0.4, 0.5) is 0 Å². The van der Waals surface area contributed by atoms with Crippen LogP contribution in [-0.2, 0) is 0 Å². The monoisotopic (exact) mass is 434 g/mol. The predicted molar refractivity (Wildman–Crippen MR) is 115 cm³/mol. The van der Waals surface area contributed by atoms with Crippen LogP contribution in [0.25, 0.3) is 10.8 Å². The van der Waals surface area contributed by atoms with E-state index in [1.54, 1.807) is 0 Å². The van der Waals surface area contributed by atoms with Crippen LogP contribution in [0.3, 0.4) is 0 Å². The molecule has 0 unspecified atom stereocenters. The Morgan fingerprint density at radius 3 is 1.87 bits per heavy atom. The zero-order valence-electron chi connectivity index (χ0n) is 15.1. The molecule has 0 heterocycles. The summed E-state index contributed by atoms with van der Waals surface area (Å²) in [6, 6.07) is 13.0. The zero-order chi connectivity index (χ0) is 17.2. The van der Waals surface area contributed by atoms with E-state index in [0.717, 1.165) is 0 Å². The van der Waals surface area contributed by atoms with Crippen LogP contribution < -0.4 is 0 Å². The minimum Gasteiger partial charge on any atom is -0.125 e. The van der Waals surface area contributed by atoms with Gasteiger partial charge in [-0.3, -0.25) is 0 Å². The average molecular weight is 434 g/mol. The lowest BCUT2D eigenvalue weighted by molar-refractivity contribution is 0.838. The molecular weight excluding hydrogens is 407 g/mol. The highest BCUT2D eigenvalue weighted by Gasteiger charge is 2.41. The molecule has 0 fully saturated rings. The molecule has 0 atom stereocenters. The highest BCUT2D eigenvalue weighted by molar-refractivity contribution is 14.1. The summed E-state index contributed by atoms with van der Waals surface area (Å²) in [6.07, 6.45) is 0. The van der Waals surface area contributed by atoms with E-state index in [1.165, 1.54) is 19.9 Å². The van der Waals surface area contributed by atoms with Crippen LogP contribution in [-0.4, -0.2) is 8.07 Å². The summed E-state index contributed by atoms with van der Waals surface area (Å²) in [5.74, 6) is 3.62. The first kappa shape index (κ1) is 18.5. The highest BCUT2D eigenvalue weighted by atomic mass is 127. The Hall–Kier alpha value is -0.793. The van der Waals surface area contributed by atoms with E-state index in [-0.39, 0.29) is 0 Å². The number of halogens is 1. The Morgan fingerprint density at radius 2 is 1.35 bits per heavy atom. The third-order valence-corrected chi connectivity index (χ3v) is 12.3. The van der Waals surface area contributed by atoms with Gasteiger partial charge in [0.2, 0.25) is 0 Å². The maximum Gasteiger partial charge on any atom is 0.146 e. The van der Waals surface area contributed by atoms with Gasteiger partial charge in [-0.15, -0.1) is 5.54 Å². The number of benzene rings is 2.